The van der Waals surface area contributed by atoms with Gasteiger partial charge in [-0.2, -0.15) is 0 Å². The first-order valence-corrected chi connectivity index (χ1v) is 5.27. The molecule has 1 aromatic heterocycles. The van der Waals surface area contributed by atoms with Gasteiger partial charge in [0.05, 0.1) is 12.0 Å². The second-order valence-corrected chi connectivity index (χ2v) is 3.91. The summed E-state index contributed by atoms with van der Waals surface area (Å²) in [6.07, 6.45) is 3.41. The van der Waals surface area contributed by atoms with E-state index in [1.54, 1.807) is 47.6 Å². The predicted molar refractivity (Wildman–Crippen MR) is 60.0 cm³/mol. The van der Waals surface area contributed by atoms with E-state index >= 15 is 0 Å². The Morgan fingerprint density at radius 2 is 2.18 bits per heavy atom. The van der Waals surface area contributed by atoms with Crippen molar-refractivity contribution >= 4 is 11.6 Å². The standard InChI is InChI=1S/C12H10FN3O/c13-11-9-3-1-2-4-10(9)16(12(11)17)8-15-6-5-14-7-15/h1-7,11H,8H2. The molecule has 1 unspecified atom stereocenters. The number of carbonyl (C=O) groups excluding carboxylic acids is 1. The van der Waals surface area contributed by atoms with Crippen molar-refractivity contribution in [3.63, 3.8) is 0 Å². The van der Waals surface area contributed by atoms with Gasteiger partial charge in [0.1, 0.15) is 6.67 Å². The first-order chi connectivity index (χ1) is 8.27. The van der Waals surface area contributed by atoms with Crippen LogP contribution in [0.2, 0.25) is 0 Å². The Labute approximate surface area is 97.3 Å². The van der Waals surface area contributed by atoms with Crippen molar-refractivity contribution in [1.82, 2.24) is 9.55 Å². The molecule has 3 rings (SSSR count). The van der Waals surface area contributed by atoms with Gasteiger partial charge in [-0.05, 0) is 6.07 Å². The Hall–Kier alpha value is -2.17. The van der Waals surface area contributed by atoms with E-state index in [0.29, 0.717) is 11.3 Å². The van der Waals surface area contributed by atoms with Crippen LogP contribution in [0.5, 0.6) is 0 Å². The van der Waals surface area contributed by atoms with Crippen molar-refractivity contribution < 1.29 is 9.18 Å². The number of alkyl halides is 1. The van der Waals surface area contributed by atoms with E-state index in [4.69, 9.17) is 0 Å². The van der Waals surface area contributed by atoms with Crippen LogP contribution >= 0.6 is 0 Å². The highest BCUT2D eigenvalue weighted by molar-refractivity contribution is 6.03. The highest BCUT2D eigenvalue weighted by Crippen LogP contribution is 2.37. The fourth-order valence-electron chi connectivity index (χ4n) is 2.02. The number of fused-ring (bicyclic) bond motifs is 1. The second-order valence-electron chi connectivity index (χ2n) is 3.91. The first kappa shape index (κ1) is 10.0. The first-order valence-electron chi connectivity index (χ1n) is 5.27. The molecule has 0 N–H and O–H groups in total. The minimum absolute atomic E-state index is 0.288. The summed E-state index contributed by atoms with van der Waals surface area (Å²) in [5.74, 6) is -0.514. The SMILES string of the molecule is O=C1C(F)c2ccccc2N1Cn1ccnc1. The molecule has 0 spiro atoms. The number of carbonyl (C=O) groups is 1. The molecule has 1 amide bonds. The number of halogens is 1. The van der Waals surface area contributed by atoms with Crippen LogP contribution in [0.25, 0.3) is 0 Å². The summed E-state index contributed by atoms with van der Waals surface area (Å²) in [4.78, 5) is 17.1. The average molecular weight is 231 g/mol. The molecule has 1 atom stereocenters. The smallest absolute Gasteiger partial charge is 0.267 e. The maximum Gasteiger partial charge on any atom is 0.267 e. The van der Waals surface area contributed by atoms with Gasteiger partial charge in [0.25, 0.3) is 5.91 Å². The highest BCUT2D eigenvalue weighted by atomic mass is 19.1. The summed E-state index contributed by atoms with van der Waals surface area (Å²) in [5.41, 5.74) is 1.08. The number of hydrogen-bond donors (Lipinski definition) is 0. The van der Waals surface area contributed by atoms with Crippen molar-refractivity contribution in [3.8, 4) is 0 Å². The molecule has 0 saturated heterocycles. The quantitative estimate of drug-likeness (QED) is 0.791. The molecule has 0 saturated carbocycles. The summed E-state index contributed by atoms with van der Waals surface area (Å²) in [7, 11) is 0. The van der Waals surface area contributed by atoms with E-state index in [1.165, 1.54) is 4.90 Å². The summed E-state index contributed by atoms with van der Waals surface area (Å²) in [6, 6.07) is 6.93. The maximum absolute atomic E-state index is 13.8. The number of nitrogens with zero attached hydrogens (tertiary/aromatic N) is 3. The molecule has 0 aliphatic carbocycles. The number of benzene rings is 1. The van der Waals surface area contributed by atoms with Crippen LogP contribution in [0.15, 0.2) is 43.0 Å². The molecule has 0 fully saturated rings. The molecule has 17 heavy (non-hydrogen) atoms. The van der Waals surface area contributed by atoms with Gasteiger partial charge in [0.15, 0.2) is 0 Å². The van der Waals surface area contributed by atoms with Crippen LogP contribution in [-0.4, -0.2) is 15.5 Å². The number of hydrogen-bond acceptors (Lipinski definition) is 2. The fourth-order valence-corrected chi connectivity index (χ4v) is 2.02. The zero-order valence-corrected chi connectivity index (χ0v) is 8.95. The average Bonchev–Trinajstić information content (AvgIpc) is 2.94. The summed E-state index contributed by atoms with van der Waals surface area (Å²) in [5, 5.41) is 0. The van der Waals surface area contributed by atoms with Gasteiger partial charge in [0, 0.05) is 18.0 Å². The molecule has 5 heteroatoms. The Balaban J connectivity index is 1.98. The lowest BCUT2D eigenvalue weighted by Crippen LogP contribution is -2.29. The summed E-state index contributed by atoms with van der Waals surface area (Å²) >= 11 is 0. The maximum atomic E-state index is 13.8. The molecule has 0 radical (unpaired) electrons. The van der Waals surface area contributed by atoms with Crippen molar-refractivity contribution in [2.24, 2.45) is 0 Å². The molecule has 2 aromatic rings. The molecular formula is C12H10FN3O. The van der Waals surface area contributed by atoms with Crippen molar-refractivity contribution in [2.75, 3.05) is 4.90 Å². The molecular weight excluding hydrogens is 221 g/mol. The Kier molecular flexibility index (Phi) is 2.18. The normalized spacial score (nSPS) is 18.5. The van der Waals surface area contributed by atoms with E-state index in [2.05, 4.69) is 4.98 Å². The van der Waals surface area contributed by atoms with E-state index < -0.39 is 12.1 Å². The lowest BCUT2D eigenvalue weighted by atomic mass is 10.1. The van der Waals surface area contributed by atoms with Crippen LogP contribution in [0.1, 0.15) is 11.7 Å². The van der Waals surface area contributed by atoms with Crippen LogP contribution < -0.4 is 4.90 Å². The third kappa shape index (κ3) is 1.51. The van der Waals surface area contributed by atoms with Gasteiger partial charge < -0.3 is 4.57 Å². The fraction of sp³-hybridized carbons (Fsp3) is 0.167. The third-order valence-corrected chi connectivity index (χ3v) is 2.85. The topological polar surface area (TPSA) is 38.1 Å². The van der Waals surface area contributed by atoms with Gasteiger partial charge in [-0.15, -0.1) is 0 Å². The number of amides is 1. The Bertz CT molecular complexity index is 553. The Morgan fingerprint density at radius 3 is 2.94 bits per heavy atom. The van der Waals surface area contributed by atoms with Crippen molar-refractivity contribution in [2.45, 2.75) is 12.8 Å². The third-order valence-electron chi connectivity index (χ3n) is 2.85. The molecule has 4 nitrogen and oxygen atoms in total. The van der Waals surface area contributed by atoms with E-state index in [0.717, 1.165) is 0 Å². The number of anilines is 1. The summed E-state index contributed by atoms with van der Waals surface area (Å²) in [6.45, 7) is 0.288. The Morgan fingerprint density at radius 1 is 1.35 bits per heavy atom. The van der Waals surface area contributed by atoms with Crippen LogP contribution in [0, 0.1) is 0 Å². The van der Waals surface area contributed by atoms with E-state index in [1.807, 2.05) is 0 Å². The predicted octanol–water partition coefficient (Wildman–Crippen LogP) is 1.90. The molecule has 1 aliphatic rings. The van der Waals surface area contributed by atoms with Gasteiger partial charge in [-0.1, -0.05) is 18.2 Å². The zero-order valence-electron chi connectivity index (χ0n) is 8.95. The van der Waals surface area contributed by atoms with Crippen LogP contribution in [0.3, 0.4) is 0 Å². The summed E-state index contributed by atoms with van der Waals surface area (Å²) < 4.78 is 15.5. The zero-order chi connectivity index (χ0) is 11.8. The van der Waals surface area contributed by atoms with Crippen LogP contribution in [0.4, 0.5) is 10.1 Å². The monoisotopic (exact) mass is 231 g/mol. The minimum atomic E-state index is -1.55. The molecule has 2 heterocycles. The van der Waals surface area contributed by atoms with Crippen LogP contribution in [-0.2, 0) is 11.5 Å². The van der Waals surface area contributed by atoms with Gasteiger partial charge in [-0.3, -0.25) is 9.69 Å². The highest BCUT2D eigenvalue weighted by Gasteiger charge is 2.37. The lowest BCUT2D eigenvalue weighted by molar-refractivity contribution is -0.122. The van der Waals surface area contributed by atoms with Crippen molar-refractivity contribution in [1.29, 1.82) is 0 Å². The number of imidazole rings is 1. The van der Waals surface area contributed by atoms with Gasteiger partial charge in [-0.25, -0.2) is 9.37 Å². The lowest BCUT2D eigenvalue weighted by Gasteiger charge is -2.17. The van der Waals surface area contributed by atoms with E-state index in [-0.39, 0.29) is 6.67 Å². The van der Waals surface area contributed by atoms with Gasteiger partial charge in [0.2, 0.25) is 6.17 Å². The number of rotatable bonds is 2. The minimum Gasteiger partial charge on any atom is -0.319 e. The second kappa shape index (κ2) is 3.69. The molecule has 86 valence electrons. The molecule has 0 bridgehead atoms. The number of aromatic nitrogens is 2. The molecule has 1 aliphatic heterocycles. The van der Waals surface area contributed by atoms with Crippen molar-refractivity contribution in [3.05, 3.63) is 48.5 Å². The molecule has 1 aromatic carbocycles. The number of para-hydroxylation sites is 1. The largest absolute Gasteiger partial charge is 0.319 e. The van der Waals surface area contributed by atoms with Gasteiger partial charge >= 0.3 is 0 Å². The van der Waals surface area contributed by atoms with E-state index in [9.17, 15) is 9.18 Å².